The Kier molecular flexibility index (Phi) is 6.76. The van der Waals surface area contributed by atoms with Crippen molar-refractivity contribution >= 4 is 11.7 Å². The maximum atomic E-state index is 13.0. The van der Waals surface area contributed by atoms with E-state index >= 15 is 0 Å². The topological polar surface area (TPSA) is 67.3 Å². The molecule has 0 unspecified atom stereocenters. The second-order valence-electron chi connectivity index (χ2n) is 7.08. The minimum absolute atomic E-state index is 0.0126. The van der Waals surface area contributed by atoms with E-state index in [0.717, 1.165) is 44.5 Å². The van der Waals surface area contributed by atoms with Gasteiger partial charge >= 0.3 is 0 Å². The summed E-state index contributed by atoms with van der Waals surface area (Å²) < 4.78 is 5.09. The zero-order chi connectivity index (χ0) is 19.1. The number of hydrogen-bond donors (Lipinski definition) is 1. The number of amides is 1. The molecule has 3 rings (SSSR count). The Balaban J connectivity index is 1.84. The Morgan fingerprint density at radius 1 is 1.22 bits per heavy atom. The Labute approximate surface area is 161 Å². The van der Waals surface area contributed by atoms with E-state index in [0.29, 0.717) is 29.9 Å². The van der Waals surface area contributed by atoms with Gasteiger partial charge in [0.2, 0.25) is 0 Å². The first-order chi connectivity index (χ1) is 13.2. The fraction of sp³-hybridized carbons (Fsp3) is 0.476. The van der Waals surface area contributed by atoms with Crippen molar-refractivity contribution in [2.24, 2.45) is 5.92 Å². The van der Waals surface area contributed by atoms with Gasteiger partial charge in [-0.2, -0.15) is 0 Å². The highest BCUT2D eigenvalue weighted by atomic mass is 16.5. The molecule has 1 amide bonds. The molecular formula is C21H28N4O2. The lowest BCUT2D eigenvalue weighted by Gasteiger charge is -2.30. The van der Waals surface area contributed by atoms with E-state index in [1.165, 1.54) is 0 Å². The van der Waals surface area contributed by atoms with Gasteiger partial charge in [0.1, 0.15) is 11.5 Å². The number of rotatable bonds is 7. The second-order valence-corrected chi connectivity index (χ2v) is 7.08. The summed E-state index contributed by atoms with van der Waals surface area (Å²) in [6, 6.07) is 11.5. The van der Waals surface area contributed by atoms with Crippen LogP contribution in [-0.4, -0.2) is 54.1 Å². The van der Waals surface area contributed by atoms with Gasteiger partial charge < -0.3 is 15.0 Å². The number of nitrogens with one attached hydrogen (secondary N) is 1. The minimum atomic E-state index is -0.0126. The number of piperidine rings is 1. The van der Waals surface area contributed by atoms with Gasteiger partial charge in [-0.25, -0.2) is 9.97 Å². The number of benzene rings is 1. The Bertz CT molecular complexity index is 743. The summed E-state index contributed by atoms with van der Waals surface area (Å²) in [5.74, 6) is 1.91. The van der Waals surface area contributed by atoms with E-state index in [4.69, 9.17) is 4.74 Å². The Hall–Kier alpha value is -2.47. The predicted molar refractivity (Wildman–Crippen MR) is 107 cm³/mol. The molecule has 1 saturated heterocycles. The number of aromatic nitrogens is 2. The lowest BCUT2D eigenvalue weighted by molar-refractivity contribution is 0.0691. The number of carbonyl (C=O) groups excluding carboxylic acids is 1. The molecule has 0 bridgehead atoms. The molecule has 1 aromatic heterocycles. The van der Waals surface area contributed by atoms with Crippen LogP contribution in [-0.2, 0) is 4.74 Å². The van der Waals surface area contributed by atoms with Gasteiger partial charge in [-0.1, -0.05) is 37.3 Å². The number of nitrogens with zero attached hydrogens (tertiary/aromatic N) is 3. The molecule has 0 aliphatic carbocycles. The third-order valence-corrected chi connectivity index (χ3v) is 4.88. The van der Waals surface area contributed by atoms with Crippen molar-refractivity contribution in [3.05, 3.63) is 42.1 Å². The van der Waals surface area contributed by atoms with Gasteiger partial charge in [0, 0.05) is 45.0 Å². The third-order valence-electron chi connectivity index (χ3n) is 4.88. The van der Waals surface area contributed by atoms with Crippen LogP contribution in [0.25, 0.3) is 11.4 Å². The average Bonchev–Trinajstić information content (AvgIpc) is 2.72. The molecule has 2 aromatic rings. The molecule has 1 aliphatic rings. The normalized spacial score (nSPS) is 15.0. The van der Waals surface area contributed by atoms with Crippen LogP contribution >= 0.6 is 0 Å². The van der Waals surface area contributed by atoms with Gasteiger partial charge in [-0.05, 0) is 25.2 Å². The molecule has 0 radical (unpaired) electrons. The molecule has 6 nitrogen and oxygen atoms in total. The van der Waals surface area contributed by atoms with Crippen LogP contribution in [0.15, 0.2) is 36.4 Å². The highest BCUT2D eigenvalue weighted by molar-refractivity contribution is 5.93. The monoisotopic (exact) mass is 368 g/mol. The first kappa shape index (κ1) is 19.3. The highest BCUT2D eigenvalue weighted by Gasteiger charge is 2.23. The predicted octanol–water partition coefficient (Wildman–Crippen LogP) is 3.46. The van der Waals surface area contributed by atoms with Crippen molar-refractivity contribution in [2.75, 3.05) is 38.7 Å². The van der Waals surface area contributed by atoms with E-state index in [2.05, 4.69) is 22.2 Å². The van der Waals surface area contributed by atoms with E-state index < -0.39 is 0 Å². The Morgan fingerprint density at radius 3 is 2.67 bits per heavy atom. The van der Waals surface area contributed by atoms with Crippen molar-refractivity contribution in [2.45, 2.75) is 26.2 Å². The number of likely N-dealkylation sites (tertiary alicyclic amines) is 1. The smallest absolute Gasteiger partial charge is 0.272 e. The van der Waals surface area contributed by atoms with Gasteiger partial charge in [0.15, 0.2) is 5.82 Å². The molecule has 0 atom stereocenters. The van der Waals surface area contributed by atoms with Crippen LogP contribution in [0.5, 0.6) is 0 Å². The highest BCUT2D eigenvalue weighted by Crippen LogP contribution is 2.21. The van der Waals surface area contributed by atoms with Crippen molar-refractivity contribution in [1.29, 1.82) is 0 Å². The molecule has 2 heterocycles. The summed E-state index contributed by atoms with van der Waals surface area (Å²) >= 11 is 0. The molecule has 6 heteroatoms. The summed E-state index contributed by atoms with van der Waals surface area (Å²) in [6.45, 7) is 5.24. The van der Waals surface area contributed by atoms with E-state index in [9.17, 15) is 4.79 Å². The van der Waals surface area contributed by atoms with Crippen LogP contribution in [0.1, 0.15) is 36.7 Å². The molecule has 1 N–H and O–H groups in total. The average molecular weight is 368 g/mol. The fourth-order valence-electron chi connectivity index (χ4n) is 3.17. The van der Waals surface area contributed by atoms with Crippen LogP contribution in [0.2, 0.25) is 0 Å². The molecule has 27 heavy (non-hydrogen) atoms. The lowest BCUT2D eigenvalue weighted by atomic mass is 9.99. The van der Waals surface area contributed by atoms with Gasteiger partial charge in [0.05, 0.1) is 0 Å². The van der Waals surface area contributed by atoms with Crippen LogP contribution < -0.4 is 5.32 Å². The molecule has 0 spiro atoms. The standard InChI is InChI=1S/C21H28N4O2/c1-16-9-12-25(13-10-16)21(26)18-15-19(22-11-6-14-27-2)24-20(23-18)17-7-4-3-5-8-17/h3-5,7-8,15-16H,6,9-14H2,1-2H3,(H,22,23,24). The maximum absolute atomic E-state index is 13.0. The number of carbonyl (C=O) groups is 1. The number of hydrogen-bond acceptors (Lipinski definition) is 5. The lowest BCUT2D eigenvalue weighted by Crippen LogP contribution is -2.38. The molecule has 1 fully saturated rings. The largest absolute Gasteiger partial charge is 0.385 e. The van der Waals surface area contributed by atoms with Crippen LogP contribution in [0.4, 0.5) is 5.82 Å². The molecule has 144 valence electrons. The summed E-state index contributed by atoms with van der Waals surface area (Å²) in [5.41, 5.74) is 1.35. The Morgan fingerprint density at radius 2 is 1.96 bits per heavy atom. The zero-order valence-corrected chi connectivity index (χ0v) is 16.1. The van der Waals surface area contributed by atoms with Crippen molar-refractivity contribution in [3.63, 3.8) is 0 Å². The fourth-order valence-corrected chi connectivity index (χ4v) is 3.17. The van der Waals surface area contributed by atoms with Crippen LogP contribution in [0.3, 0.4) is 0 Å². The van der Waals surface area contributed by atoms with Gasteiger partial charge in [-0.15, -0.1) is 0 Å². The summed E-state index contributed by atoms with van der Waals surface area (Å²) in [4.78, 5) is 24.1. The molecule has 1 aromatic carbocycles. The molecule has 0 saturated carbocycles. The minimum Gasteiger partial charge on any atom is -0.385 e. The first-order valence-electron chi connectivity index (χ1n) is 9.64. The SMILES string of the molecule is COCCCNc1cc(C(=O)N2CCC(C)CC2)nc(-c2ccccc2)n1. The van der Waals surface area contributed by atoms with Crippen LogP contribution in [0, 0.1) is 5.92 Å². The van der Waals surface area contributed by atoms with E-state index in [1.54, 1.807) is 13.2 Å². The quantitative estimate of drug-likeness (QED) is 0.758. The first-order valence-corrected chi connectivity index (χ1v) is 9.64. The summed E-state index contributed by atoms with van der Waals surface area (Å²) in [7, 11) is 1.69. The number of anilines is 1. The summed E-state index contributed by atoms with van der Waals surface area (Å²) in [6.07, 6.45) is 2.96. The number of methoxy groups -OCH3 is 1. The summed E-state index contributed by atoms with van der Waals surface area (Å²) in [5, 5.41) is 3.29. The van der Waals surface area contributed by atoms with E-state index in [1.807, 2.05) is 35.2 Å². The second kappa shape index (κ2) is 9.46. The van der Waals surface area contributed by atoms with Gasteiger partial charge in [0.25, 0.3) is 5.91 Å². The zero-order valence-electron chi connectivity index (χ0n) is 16.1. The van der Waals surface area contributed by atoms with Crippen molar-refractivity contribution in [3.8, 4) is 11.4 Å². The molecule has 1 aliphatic heterocycles. The van der Waals surface area contributed by atoms with Crippen molar-refractivity contribution in [1.82, 2.24) is 14.9 Å². The van der Waals surface area contributed by atoms with E-state index in [-0.39, 0.29) is 5.91 Å². The van der Waals surface area contributed by atoms with Gasteiger partial charge in [-0.3, -0.25) is 4.79 Å². The maximum Gasteiger partial charge on any atom is 0.272 e. The third kappa shape index (κ3) is 5.26. The number of ether oxygens (including phenoxy) is 1. The molecular weight excluding hydrogens is 340 g/mol. The van der Waals surface area contributed by atoms with Crippen molar-refractivity contribution < 1.29 is 9.53 Å².